The maximum Gasteiger partial charge on any atom is 0.0758 e. The predicted molar refractivity (Wildman–Crippen MR) is 32.7 cm³/mol. The maximum absolute atomic E-state index is 9.32. The van der Waals surface area contributed by atoms with Crippen LogP contribution in [-0.4, -0.2) is 35.7 Å². The summed E-state index contributed by atoms with van der Waals surface area (Å²) in [5.74, 6) is 0. The quantitative estimate of drug-likeness (QED) is 0.483. The molecule has 1 heterocycles. The van der Waals surface area contributed by atoms with Crippen LogP contribution < -0.4 is 0 Å². The van der Waals surface area contributed by atoms with E-state index in [9.17, 15) is 5.11 Å². The monoisotopic (exact) mass is 115 g/mol. The molecule has 48 valence electrons. The van der Waals surface area contributed by atoms with Gasteiger partial charge in [0.2, 0.25) is 0 Å². The SMILES string of the molecule is CN1CC[C@](C)(O)C1. The minimum atomic E-state index is -0.408. The number of hydrogen-bond acceptors (Lipinski definition) is 2. The smallest absolute Gasteiger partial charge is 0.0758 e. The zero-order valence-corrected chi connectivity index (χ0v) is 5.52. The van der Waals surface area contributed by atoms with Crippen molar-refractivity contribution >= 4 is 0 Å². The minimum Gasteiger partial charge on any atom is -0.389 e. The van der Waals surface area contributed by atoms with Gasteiger partial charge in [-0.2, -0.15) is 0 Å². The van der Waals surface area contributed by atoms with Gasteiger partial charge >= 0.3 is 0 Å². The second-order valence-electron chi connectivity index (χ2n) is 2.98. The van der Waals surface area contributed by atoms with Gasteiger partial charge in [0.25, 0.3) is 0 Å². The largest absolute Gasteiger partial charge is 0.389 e. The van der Waals surface area contributed by atoms with Crippen molar-refractivity contribution in [2.45, 2.75) is 18.9 Å². The van der Waals surface area contributed by atoms with E-state index >= 15 is 0 Å². The van der Waals surface area contributed by atoms with Crippen LogP contribution in [0.15, 0.2) is 0 Å². The van der Waals surface area contributed by atoms with Crippen molar-refractivity contribution in [1.82, 2.24) is 4.90 Å². The van der Waals surface area contributed by atoms with Crippen molar-refractivity contribution in [2.75, 3.05) is 20.1 Å². The van der Waals surface area contributed by atoms with Crippen LogP contribution in [0.25, 0.3) is 0 Å². The molecule has 0 aliphatic carbocycles. The molecule has 0 aromatic rings. The predicted octanol–water partition coefficient (Wildman–Crippen LogP) is 0.0729. The van der Waals surface area contributed by atoms with Crippen molar-refractivity contribution in [3.8, 4) is 0 Å². The van der Waals surface area contributed by atoms with Crippen LogP contribution in [-0.2, 0) is 0 Å². The lowest BCUT2D eigenvalue weighted by Crippen LogP contribution is -2.27. The topological polar surface area (TPSA) is 23.5 Å². The summed E-state index contributed by atoms with van der Waals surface area (Å²) in [5.41, 5.74) is -0.408. The van der Waals surface area contributed by atoms with Crippen molar-refractivity contribution in [3.63, 3.8) is 0 Å². The van der Waals surface area contributed by atoms with Gasteiger partial charge in [0.15, 0.2) is 0 Å². The second-order valence-corrected chi connectivity index (χ2v) is 2.98. The number of hydrogen-bond donors (Lipinski definition) is 1. The molecule has 0 aromatic heterocycles. The molecule has 1 atom stereocenters. The van der Waals surface area contributed by atoms with Gasteiger partial charge in [-0.15, -0.1) is 0 Å². The summed E-state index contributed by atoms with van der Waals surface area (Å²) in [4.78, 5) is 2.14. The van der Waals surface area contributed by atoms with Crippen LogP contribution in [0.5, 0.6) is 0 Å². The molecule has 0 amide bonds. The standard InChI is InChI=1S/C6H13NO/c1-6(8)3-4-7(2)5-6/h8H,3-5H2,1-2H3/t6-/m0/s1. The third kappa shape index (κ3) is 1.20. The first-order valence-corrected chi connectivity index (χ1v) is 3.01. The summed E-state index contributed by atoms with van der Waals surface area (Å²) < 4.78 is 0. The molecular weight excluding hydrogens is 102 g/mol. The lowest BCUT2D eigenvalue weighted by atomic mass is 10.1. The van der Waals surface area contributed by atoms with E-state index in [0.29, 0.717) is 0 Å². The second kappa shape index (κ2) is 1.71. The highest BCUT2D eigenvalue weighted by Crippen LogP contribution is 2.17. The fourth-order valence-electron chi connectivity index (χ4n) is 1.17. The van der Waals surface area contributed by atoms with Crippen LogP contribution >= 0.6 is 0 Å². The summed E-state index contributed by atoms with van der Waals surface area (Å²) in [6.45, 7) is 3.75. The molecule has 1 aliphatic rings. The Labute approximate surface area is 50.1 Å². The Morgan fingerprint density at radius 1 is 1.62 bits per heavy atom. The fraction of sp³-hybridized carbons (Fsp3) is 1.00. The average Bonchev–Trinajstić information content (AvgIpc) is 1.82. The summed E-state index contributed by atoms with van der Waals surface area (Å²) in [6.07, 6.45) is 0.920. The molecule has 1 N–H and O–H groups in total. The highest BCUT2D eigenvalue weighted by molar-refractivity contribution is 4.83. The number of rotatable bonds is 0. The Morgan fingerprint density at radius 3 is 2.38 bits per heavy atom. The number of nitrogens with zero attached hydrogens (tertiary/aromatic N) is 1. The van der Waals surface area contributed by atoms with E-state index in [-0.39, 0.29) is 0 Å². The molecular formula is C6H13NO. The summed E-state index contributed by atoms with van der Waals surface area (Å²) >= 11 is 0. The van der Waals surface area contributed by atoms with Crippen LogP contribution in [0, 0.1) is 0 Å². The molecule has 2 heteroatoms. The van der Waals surface area contributed by atoms with Gasteiger partial charge in [-0.25, -0.2) is 0 Å². The summed E-state index contributed by atoms with van der Waals surface area (Å²) in [7, 11) is 2.03. The Balaban J connectivity index is 2.44. The molecule has 1 fully saturated rings. The van der Waals surface area contributed by atoms with Gasteiger partial charge in [-0.1, -0.05) is 0 Å². The normalized spacial score (nSPS) is 40.9. The van der Waals surface area contributed by atoms with Gasteiger partial charge in [-0.3, -0.25) is 0 Å². The van der Waals surface area contributed by atoms with E-state index in [2.05, 4.69) is 4.90 Å². The highest BCUT2D eigenvalue weighted by atomic mass is 16.3. The van der Waals surface area contributed by atoms with Crippen LogP contribution in [0.4, 0.5) is 0 Å². The molecule has 0 bridgehead atoms. The Bertz CT molecular complexity index is 90.5. The van der Waals surface area contributed by atoms with Gasteiger partial charge < -0.3 is 10.0 Å². The number of likely N-dealkylation sites (N-methyl/N-ethyl adjacent to an activating group) is 1. The first-order valence-electron chi connectivity index (χ1n) is 3.01. The number of β-amino-alcohol motifs (C(OH)–C–C–N with tert-alkyl or cyclic N) is 1. The molecule has 0 spiro atoms. The lowest BCUT2D eigenvalue weighted by molar-refractivity contribution is 0.0719. The molecule has 0 aromatic carbocycles. The van der Waals surface area contributed by atoms with Crippen molar-refractivity contribution in [1.29, 1.82) is 0 Å². The molecule has 0 radical (unpaired) electrons. The molecule has 8 heavy (non-hydrogen) atoms. The van der Waals surface area contributed by atoms with E-state index in [1.165, 1.54) is 0 Å². The zero-order valence-electron chi connectivity index (χ0n) is 5.52. The number of likely N-dealkylation sites (tertiary alicyclic amines) is 1. The molecule has 1 rings (SSSR count). The molecule has 2 nitrogen and oxygen atoms in total. The van der Waals surface area contributed by atoms with E-state index in [1.807, 2.05) is 14.0 Å². The van der Waals surface area contributed by atoms with E-state index in [0.717, 1.165) is 19.5 Å². The van der Waals surface area contributed by atoms with Crippen molar-refractivity contribution in [3.05, 3.63) is 0 Å². The zero-order chi connectivity index (χ0) is 6.20. The van der Waals surface area contributed by atoms with Crippen LogP contribution in [0.1, 0.15) is 13.3 Å². The van der Waals surface area contributed by atoms with E-state index in [4.69, 9.17) is 0 Å². The van der Waals surface area contributed by atoms with E-state index < -0.39 is 5.60 Å². The Morgan fingerprint density at radius 2 is 2.25 bits per heavy atom. The highest BCUT2D eigenvalue weighted by Gasteiger charge is 2.28. The summed E-state index contributed by atoms with van der Waals surface area (Å²) in [5, 5.41) is 9.32. The third-order valence-electron chi connectivity index (χ3n) is 1.64. The van der Waals surface area contributed by atoms with Crippen molar-refractivity contribution in [2.24, 2.45) is 0 Å². The number of aliphatic hydroxyl groups is 1. The van der Waals surface area contributed by atoms with E-state index in [1.54, 1.807) is 0 Å². The van der Waals surface area contributed by atoms with Crippen LogP contribution in [0.3, 0.4) is 0 Å². The summed E-state index contributed by atoms with van der Waals surface area (Å²) in [6, 6.07) is 0. The first-order chi connectivity index (χ1) is 3.60. The lowest BCUT2D eigenvalue weighted by Gasteiger charge is -2.14. The molecule has 1 saturated heterocycles. The minimum absolute atomic E-state index is 0.408. The van der Waals surface area contributed by atoms with Crippen molar-refractivity contribution < 1.29 is 5.11 Å². The average molecular weight is 115 g/mol. The van der Waals surface area contributed by atoms with Gasteiger partial charge in [0, 0.05) is 13.1 Å². The van der Waals surface area contributed by atoms with Crippen LogP contribution in [0.2, 0.25) is 0 Å². The van der Waals surface area contributed by atoms with Gasteiger partial charge in [0.05, 0.1) is 5.60 Å². The fourth-order valence-corrected chi connectivity index (χ4v) is 1.17. The molecule has 1 aliphatic heterocycles. The third-order valence-corrected chi connectivity index (χ3v) is 1.64. The first kappa shape index (κ1) is 6.05. The maximum atomic E-state index is 9.32. The molecule has 0 unspecified atom stereocenters. The Kier molecular flexibility index (Phi) is 1.29. The Hall–Kier alpha value is -0.0800. The molecule has 0 saturated carbocycles. The van der Waals surface area contributed by atoms with Gasteiger partial charge in [-0.05, 0) is 20.4 Å². The van der Waals surface area contributed by atoms with Gasteiger partial charge in [0.1, 0.15) is 0 Å².